The first-order chi connectivity index (χ1) is 5.29. The first-order valence-electron chi connectivity index (χ1n) is 2.91. The van der Waals surface area contributed by atoms with Gasteiger partial charge in [-0.05, 0) is 6.07 Å². The standard InChI is InChI=1S/C6H4N2O3/c9-5-3-1-2-11-4(3)6(10)8-7-5/h1-2H,(H,7,9)(H,8,10). The maximum Gasteiger partial charge on any atom is 0.275 e. The molecule has 0 fully saturated rings. The Labute approximate surface area is 60.9 Å². The van der Waals surface area contributed by atoms with Gasteiger partial charge in [0.25, 0.3) is 5.88 Å². The predicted octanol–water partition coefficient (Wildman–Crippen LogP) is 0.634. The second-order valence-electron chi connectivity index (χ2n) is 2.01. The summed E-state index contributed by atoms with van der Waals surface area (Å²) >= 11 is 0. The number of hydrogen-bond donors (Lipinski definition) is 2. The minimum Gasteiger partial charge on any atom is -0.492 e. The summed E-state index contributed by atoms with van der Waals surface area (Å²) in [6.45, 7) is 0. The summed E-state index contributed by atoms with van der Waals surface area (Å²) in [7, 11) is 0. The van der Waals surface area contributed by atoms with Crippen LogP contribution in [0.1, 0.15) is 0 Å². The average molecular weight is 152 g/mol. The van der Waals surface area contributed by atoms with Gasteiger partial charge in [-0.25, -0.2) is 0 Å². The van der Waals surface area contributed by atoms with Crippen molar-refractivity contribution in [3.05, 3.63) is 12.3 Å². The average Bonchev–Trinajstić information content (AvgIpc) is 2.45. The van der Waals surface area contributed by atoms with Gasteiger partial charge in [0.1, 0.15) is 0 Å². The first kappa shape index (κ1) is 5.96. The molecule has 0 aliphatic heterocycles. The number of aromatic nitrogens is 2. The lowest BCUT2D eigenvalue weighted by Gasteiger charge is -1.91. The van der Waals surface area contributed by atoms with E-state index in [2.05, 4.69) is 10.2 Å². The van der Waals surface area contributed by atoms with Crippen molar-refractivity contribution < 1.29 is 14.6 Å². The summed E-state index contributed by atoms with van der Waals surface area (Å²) in [5.41, 5.74) is 0.150. The highest BCUT2D eigenvalue weighted by atomic mass is 16.4. The first-order valence-corrected chi connectivity index (χ1v) is 2.91. The molecular weight excluding hydrogens is 148 g/mol. The Hall–Kier alpha value is -1.78. The maximum atomic E-state index is 9.04. The summed E-state index contributed by atoms with van der Waals surface area (Å²) < 4.78 is 4.82. The van der Waals surface area contributed by atoms with Gasteiger partial charge in [-0.1, -0.05) is 0 Å². The van der Waals surface area contributed by atoms with E-state index in [-0.39, 0.29) is 17.3 Å². The van der Waals surface area contributed by atoms with E-state index in [1.165, 1.54) is 12.3 Å². The topological polar surface area (TPSA) is 79.4 Å². The molecule has 0 radical (unpaired) electrons. The molecule has 0 saturated heterocycles. The molecule has 0 aliphatic rings. The summed E-state index contributed by atoms with van der Waals surface area (Å²) in [5.74, 6) is -0.561. The van der Waals surface area contributed by atoms with Crippen LogP contribution in [0.5, 0.6) is 11.8 Å². The Morgan fingerprint density at radius 1 is 1.18 bits per heavy atom. The van der Waals surface area contributed by atoms with E-state index in [0.717, 1.165) is 0 Å². The van der Waals surface area contributed by atoms with Gasteiger partial charge in [0.15, 0.2) is 0 Å². The second-order valence-corrected chi connectivity index (χ2v) is 2.01. The molecule has 0 unspecified atom stereocenters. The largest absolute Gasteiger partial charge is 0.492 e. The lowest BCUT2D eigenvalue weighted by Crippen LogP contribution is -1.81. The Kier molecular flexibility index (Phi) is 1.00. The molecule has 56 valence electrons. The van der Waals surface area contributed by atoms with Gasteiger partial charge in [-0.3, -0.25) is 0 Å². The molecule has 11 heavy (non-hydrogen) atoms. The molecule has 2 heterocycles. The van der Waals surface area contributed by atoms with Crippen molar-refractivity contribution in [3.63, 3.8) is 0 Å². The molecule has 2 aromatic heterocycles. The fourth-order valence-electron chi connectivity index (χ4n) is 0.853. The molecule has 2 N–H and O–H groups in total. The molecule has 0 spiro atoms. The summed E-state index contributed by atoms with van der Waals surface area (Å²) in [6.07, 6.45) is 1.34. The Morgan fingerprint density at radius 3 is 2.64 bits per heavy atom. The molecule has 5 nitrogen and oxygen atoms in total. The lowest BCUT2D eigenvalue weighted by atomic mass is 10.3. The lowest BCUT2D eigenvalue weighted by molar-refractivity contribution is 0.415. The van der Waals surface area contributed by atoms with Crippen LogP contribution in [-0.2, 0) is 0 Å². The van der Waals surface area contributed by atoms with Gasteiger partial charge < -0.3 is 14.6 Å². The molecule has 0 atom stereocenters. The highest BCUT2D eigenvalue weighted by Crippen LogP contribution is 2.27. The monoisotopic (exact) mass is 152 g/mol. The van der Waals surface area contributed by atoms with E-state index < -0.39 is 0 Å². The molecule has 0 amide bonds. The zero-order valence-electron chi connectivity index (χ0n) is 5.35. The summed E-state index contributed by atoms with van der Waals surface area (Å²) in [4.78, 5) is 0. The van der Waals surface area contributed by atoms with Gasteiger partial charge in [0.05, 0.1) is 11.6 Å². The summed E-state index contributed by atoms with van der Waals surface area (Å²) in [6, 6.07) is 1.50. The van der Waals surface area contributed by atoms with E-state index in [1.807, 2.05) is 0 Å². The van der Waals surface area contributed by atoms with Gasteiger partial charge >= 0.3 is 0 Å². The van der Waals surface area contributed by atoms with Crippen molar-refractivity contribution in [1.29, 1.82) is 0 Å². The number of rotatable bonds is 0. The van der Waals surface area contributed by atoms with Crippen molar-refractivity contribution in [2.24, 2.45) is 0 Å². The van der Waals surface area contributed by atoms with Crippen LogP contribution in [-0.4, -0.2) is 20.4 Å². The van der Waals surface area contributed by atoms with Crippen LogP contribution in [0.2, 0.25) is 0 Å². The normalized spacial score (nSPS) is 10.5. The molecule has 0 saturated carbocycles. The number of furan rings is 1. The highest BCUT2D eigenvalue weighted by Gasteiger charge is 2.09. The van der Waals surface area contributed by atoms with Crippen LogP contribution in [0, 0.1) is 0 Å². The Bertz CT molecular complexity index is 360. The third kappa shape index (κ3) is 0.706. The smallest absolute Gasteiger partial charge is 0.275 e. The van der Waals surface area contributed by atoms with Crippen molar-refractivity contribution >= 4 is 11.0 Å². The third-order valence-corrected chi connectivity index (χ3v) is 1.35. The molecule has 2 rings (SSSR count). The van der Waals surface area contributed by atoms with Crippen molar-refractivity contribution in [2.45, 2.75) is 0 Å². The number of aromatic hydroxyl groups is 2. The minimum absolute atomic E-state index is 0.150. The third-order valence-electron chi connectivity index (χ3n) is 1.35. The van der Waals surface area contributed by atoms with E-state index in [0.29, 0.717) is 5.39 Å². The zero-order chi connectivity index (χ0) is 7.84. The fraction of sp³-hybridized carbons (Fsp3) is 0. The van der Waals surface area contributed by atoms with Crippen molar-refractivity contribution in [1.82, 2.24) is 10.2 Å². The predicted molar refractivity (Wildman–Crippen MR) is 35.1 cm³/mol. The van der Waals surface area contributed by atoms with Gasteiger partial charge in [0.2, 0.25) is 11.5 Å². The quantitative estimate of drug-likeness (QED) is 0.578. The highest BCUT2D eigenvalue weighted by molar-refractivity contribution is 5.84. The van der Waals surface area contributed by atoms with Crippen LogP contribution in [0.3, 0.4) is 0 Å². The zero-order valence-corrected chi connectivity index (χ0v) is 5.35. The van der Waals surface area contributed by atoms with Crippen LogP contribution >= 0.6 is 0 Å². The second kappa shape index (κ2) is 1.85. The number of nitrogens with zero attached hydrogens (tertiary/aromatic N) is 2. The molecule has 0 bridgehead atoms. The minimum atomic E-state index is -0.317. The van der Waals surface area contributed by atoms with Crippen LogP contribution in [0.25, 0.3) is 11.0 Å². The Balaban J connectivity index is 2.96. The fourth-order valence-corrected chi connectivity index (χ4v) is 0.853. The van der Waals surface area contributed by atoms with Gasteiger partial charge in [-0.15, -0.1) is 10.2 Å². The van der Waals surface area contributed by atoms with E-state index in [1.54, 1.807) is 0 Å². The van der Waals surface area contributed by atoms with Crippen LogP contribution in [0.15, 0.2) is 16.7 Å². The molecular formula is C6H4N2O3. The molecule has 0 aliphatic carbocycles. The number of fused-ring (bicyclic) bond motifs is 1. The van der Waals surface area contributed by atoms with Crippen molar-refractivity contribution in [2.75, 3.05) is 0 Å². The SMILES string of the molecule is Oc1nnc(O)c2occc12. The van der Waals surface area contributed by atoms with E-state index in [9.17, 15) is 0 Å². The Morgan fingerprint density at radius 2 is 1.91 bits per heavy atom. The van der Waals surface area contributed by atoms with Crippen molar-refractivity contribution in [3.8, 4) is 11.8 Å². The molecule has 5 heteroatoms. The van der Waals surface area contributed by atoms with E-state index >= 15 is 0 Å². The van der Waals surface area contributed by atoms with E-state index in [4.69, 9.17) is 14.6 Å². The maximum absolute atomic E-state index is 9.04. The summed E-state index contributed by atoms with van der Waals surface area (Å²) in [5, 5.41) is 24.9. The molecule has 2 aromatic rings. The number of hydrogen-bond acceptors (Lipinski definition) is 5. The van der Waals surface area contributed by atoms with Gasteiger partial charge in [-0.2, -0.15) is 0 Å². The van der Waals surface area contributed by atoms with Crippen LogP contribution in [0.4, 0.5) is 0 Å². The van der Waals surface area contributed by atoms with Gasteiger partial charge in [0, 0.05) is 0 Å². The van der Waals surface area contributed by atoms with Crippen LogP contribution < -0.4 is 0 Å². The molecule has 0 aromatic carbocycles.